The largest absolute Gasteiger partial charge is 0.352 e. The van der Waals surface area contributed by atoms with Crippen molar-refractivity contribution in [3.63, 3.8) is 0 Å². The molecule has 2 N–H and O–H groups in total. The summed E-state index contributed by atoms with van der Waals surface area (Å²) in [5.74, 6) is 0.397. The van der Waals surface area contributed by atoms with E-state index in [2.05, 4.69) is 15.6 Å². The summed E-state index contributed by atoms with van der Waals surface area (Å²) >= 11 is 0. The first-order chi connectivity index (χ1) is 12.7. The molecule has 5 heteroatoms. The van der Waals surface area contributed by atoms with Gasteiger partial charge in [0.15, 0.2) is 0 Å². The lowest BCUT2D eigenvalue weighted by molar-refractivity contribution is -0.122. The molecule has 1 aliphatic carbocycles. The number of hydrogen-bond donors (Lipinski definition) is 2. The second-order valence-electron chi connectivity index (χ2n) is 6.84. The highest BCUT2D eigenvalue weighted by molar-refractivity contribution is 6.04. The van der Waals surface area contributed by atoms with Crippen LogP contribution in [0.15, 0.2) is 48.8 Å². The Hall–Kier alpha value is -2.69. The third-order valence-corrected chi connectivity index (χ3v) is 4.86. The fourth-order valence-electron chi connectivity index (χ4n) is 3.41. The lowest BCUT2D eigenvalue weighted by Crippen LogP contribution is -2.26. The Morgan fingerprint density at radius 3 is 2.62 bits per heavy atom. The van der Waals surface area contributed by atoms with Crippen LogP contribution in [0.3, 0.4) is 0 Å². The molecule has 26 heavy (non-hydrogen) atoms. The van der Waals surface area contributed by atoms with Crippen LogP contribution in [0.5, 0.6) is 0 Å². The Balaban J connectivity index is 1.56. The smallest absolute Gasteiger partial charge is 0.257 e. The van der Waals surface area contributed by atoms with Crippen molar-refractivity contribution in [3.05, 3.63) is 59.9 Å². The molecule has 0 bridgehead atoms. The molecule has 3 rings (SSSR count). The number of benzene rings is 1. The summed E-state index contributed by atoms with van der Waals surface area (Å²) in [6, 6.07) is 11.0. The first kappa shape index (κ1) is 18.1. The van der Waals surface area contributed by atoms with Crippen molar-refractivity contribution in [3.8, 4) is 0 Å². The molecule has 1 aromatic carbocycles. The van der Waals surface area contributed by atoms with Crippen molar-refractivity contribution in [2.45, 2.75) is 45.1 Å². The molecule has 1 aromatic heterocycles. The zero-order valence-corrected chi connectivity index (χ0v) is 14.9. The SMILES string of the molecule is O=C(CC1CCCCC1)NCc1ccccc1NC(=O)c1cccnc1. The molecule has 5 nitrogen and oxygen atoms in total. The van der Waals surface area contributed by atoms with Crippen molar-refractivity contribution in [1.29, 1.82) is 0 Å². The molecule has 0 spiro atoms. The molecule has 0 aliphatic heterocycles. The minimum atomic E-state index is -0.209. The van der Waals surface area contributed by atoms with Crippen LogP contribution in [-0.2, 0) is 11.3 Å². The molecule has 1 fully saturated rings. The number of aromatic nitrogens is 1. The Morgan fingerprint density at radius 1 is 1.04 bits per heavy atom. The van der Waals surface area contributed by atoms with Crippen molar-refractivity contribution in [2.24, 2.45) is 5.92 Å². The molecule has 0 atom stereocenters. The maximum Gasteiger partial charge on any atom is 0.257 e. The van der Waals surface area contributed by atoms with Crippen LogP contribution in [0.25, 0.3) is 0 Å². The average Bonchev–Trinajstić information content (AvgIpc) is 2.69. The van der Waals surface area contributed by atoms with Gasteiger partial charge in [0.1, 0.15) is 0 Å². The summed E-state index contributed by atoms with van der Waals surface area (Å²) in [7, 11) is 0. The number of anilines is 1. The summed E-state index contributed by atoms with van der Waals surface area (Å²) < 4.78 is 0. The molecule has 0 saturated heterocycles. The standard InChI is InChI=1S/C21H25N3O2/c25-20(13-16-7-2-1-3-8-16)23-15-17-9-4-5-11-19(17)24-21(26)18-10-6-12-22-14-18/h4-6,9-12,14,16H,1-3,7-8,13,15H2,(H,23,25)(H,24,26). The van der Waals surface area contributed by atoms with E-state index < -0.39 is 0 Å². The normalized spacial score (nSPS) is 14.6. The highest BCUT2D eigenvalue weighted by atomic mass is 16.2. The third kappa shape index (κ3) is 5.15. The van der Waals surface area contributed by atoms with E-state index in [-0.39, 0.29) is 11.8 Å². The summed E-state index contributed by atoms with van der Waals surface area (Å²) in [5.41, 5.74) is 2.10. The first-order valence-electron chi connectivity index (χ1n) is 9.28. The third-order valence-electron chi connectivity index (χ3n) is 4.86. The molecular weight excluding hydrogens is 326 g/mol. The van der Waals surface area contributed by atoms with Gasteiger partial charge in [-0.05, 0) is 42.5 Å². The Morgan fingerprint density at radius 2 is 1.85 bits per heavy atom. The molecule has 2 amide bonds. The minimum Gasteiger partial charge on any atom is -0.352 e. The minimum absolute atomic E-state index is 0.0882. The van der Waals surface area contributed by atoms with Crippen LogP contribution in [0.1, 0.15) is 54.4 Å². The van der Waals surface area contributed by atoms with Crippen LogP contribution < -0.4 is 10.6 Å². The van der Waals surface area contributed by atoms with E-state index in [1.807, 2.05) is 24.3 Å². The number of carbonyl (C=O) groups is 2. The highest BCUT2D eigenvalue weighted by Crippen LogP contribution is 2.26. The Bertz CT molecular complexity index is 740. The summed E-state index contributed by atoms with van der Waals surface area (Å²) in [6.45, 7) is 0.412. The number of pyridine rings is 1. The van der Waals surface area contributed by atoms with E-state index in [1.54, 1.807) is 18.3 Å². The molecular formula is C21H25N3O2. The zero-order valence-electron chi connectivity index (χ0n) is 14.9. The van der Waals surface area contributed by atoms with Gasteiger partial charge in [0.25, 0.3) is 5.91 Å². The van der Waals surface area contributed by atoms with Gasteiger partial charge in [-0.1, -0.05) is 37.5 Å². The number of para-hydroxylation sites is 1. The Kier molecular flexibility index (Phi) is 6.36. The van der Waals surface area contributed by atoms with Gasteiger partial charge >= 0.3 is 0 Å². The van der Waals surface area contributed by atoms with Crippen LogP contribution in [0.4, 0.5) is 5.69 Å². The topological polar surface area (TPSA) is 71.1 Å². The lowest BCUT2D eigenvalue weighted by atomic mass is 9.87. The van der Waals surface area contributed by atoms with Gasteiger partial charge in [0.2, 0.25) is 5.91 Å². The predicted octanol–water partition coefficient (Wildman–Crippen LogP) is 3.92. The molecule has 136 valence electrons. The van der Waals surface area contributed by atoms with E-state index in [1.165, 1.54) is 25.5 Å². The Labute approximate surface area is 154 Å². The molecule has 1 saturated carbocycles. The molecule has 2 aromatic rings. The molecule has 0 unspecified atom stereocenters. The van der Waals surface area contributed by atoms with E-state index in [0.29, 0.717) is 30.1 Å². The summed E-state index contributed by atoms with van der Waals surface area (Å²) in [4.78, 5) is 28.5. The lowest BCUT2D eigenvalue weighted by Gasteiger charge is -2.21. The van der Waals surface area contributed by atoms with Gasteiger partial charge in [0.05, 0.1) is 5.56 Å². The predicted molar refractivity (Wildman–Crippen MR) is 102 cm³/mol. The van der Waals surface area contributed by atoms with Crippen LogP contribution in [0.2, 0.25) is 0 Å². The van der Waals surface area contributed by atoms with Crippen LogP contribution in [-0.4, -0.2) is 16.8 Å². The van der Waals surface area contributed by atoms with Crippen molar-refractivity contribution >= 4 is 17.5 Å². The van der Waals surface area contributed by atoms with Gasteiger partial charge in [-0.3, -0.25) is 14.6 Å². The van der Waals surface area contributed by atoms with Gasteiger partial charge in [-0.15, -0.1) is 0 Å². The number of amides is 2. The molecule has 1 heterocycles. The number of rotatable bonds is 6. The fourth-order valence-corrected chi connectivity index (χ4v) is 3.41. The van der Waals surface area contributed by atoms with Gasteiger partial charge in [-0.2, -0.15) is 0 Å². The monoisotopic (exact) mass is 351 g/mol. The second-order valence-corrected chi connectivity index (χ2v) is 6.84. The van der Waals surface area contributed by atoms with E-state index in [4.69, 9.17) is 0 Å². The number of nitrogens with one attached hydrogen (secondary N) is 2. The van der Waals surface area contributed by atoms with Crippen molar-refractivity contribution in [1.82, 2.24) is 10.3 Å². The zero-order chi connectivity index (χ0) is 18.2. The van der Waals surface area contributed by atoms with Crippen molar-refractivity contribution < 1.29 is 9.59 Å². The van der Waals surface area contributed by atoms with E-state index in [9.17, 15) is 9.59 Å². The van der Waals surface area contributed by atoms with E-state index >= 15 is 0 Å². The van der Waals surface area contributed by atoms with E-state index in [0.717, 1.165) is 18.4 Å². The maximum absolute atomic E-state index is 12.3. The number of carbonyl (C=O) groups excluding carboxylic acids is 2. The van der Waals surface area contributed by atoms with Crippen molar-refractivity contribution in [2.75, 3.05) is 5.32 Å². The number of nitrogens with zero attached hydrogens (tertiary/aromatic N) is 1. The van der Waals surface area contributed by atoms with Crippen LogP contribution >= 0.6 is 0 Å². The highest BCUT2D eigenvalue weighted by Gasteiger charge is 2.17. The number of hydrogen-bond acceptors (Lipinski definition) is 3. The summed E-state index contributed by atoms with van der Waals surface area (Å²) in [5, 5.41) is 5.90. The summed E-state index contributed by atoms with van der Waals surface area (Å²) in [6.07, 6.45) is 9.85. The second kappa shape index (κ2) is 9.13. The maximum atomic E-state index is 12.3. The quantitative estimate of drug-likeness (QED) is 0.828. The van der Waals surface area contributed by atoms with Gasteiger partial charge in [-0.25, -0.2) is 0 Å². The van der Waals surface area contributed by atoms with Gasteiger partial charge in [0, 0.05) is 31.0 Å². The molecule has 0 radical (unpaired) electrons. The average molecular weight is 351 g/mol. The fraction of sp³-hybridized carbons (Fsp3) is 0.381. The molecule has 1 aliphatic rings. The van der Waals surface area contributed by atoms with Gasteiger partial charge < -0.3 is 10.6 Å². The first-order valence-corrected chi connectivity index (χ1v) is 9.28. The van der Waals surface area contributed by atoms with Crippen LogP contribution in [0, 0.1) is 5.92 Å².